The van der Waals surface area contributed by atoms with Crippen molar-refractivity contribution < 1.29 is 4.79 Å². The van der Waals surface area contributed by atoms with Crippen molar-refractivity contribution in [2.45, 2.75) is 71.3 Å². The number of hydrogen-bond acceptors (Lipinski definition) is 2. The molecule has 2 aliphatic rings. The Morgan fingerprint density at radius 1 is 1.00 bits per heavy atom. The minimum atomic E-state index is 0.290. The van der Waals surface area contributed by atoms with Crippen LogP contribution in [-0.4, -0.2) is 33.4 Å². The Labute approximate surface area is 181 Å². The van der Waals surface area contributed by atoms with Gasteiger partial charge in [-0.3, -0.25) is 4.79 Å². The van der Waals surface area contributed by atoms with Gasteiger partial charge < -0.3 is 9.47 Å². The van der Waals surface area contributed by atoms with Crippen LogP contribution in [0.1, 0.15) is 64.7 Å². The standard InChI is InChI=1S/C26H37N3O/c1-2-3-7-21-10-12-24(13-11-21)26(30)28-17-14-22(15-18-28)20-29-19-16-27-25(29)23-8-5-4-6-9-23/h4-6,8-9,16,19,21-22,24H,2-3,7,10-15,17-18,20H2,1H3. The van der Waals surface area contributed by atoms with E-state index >= 15 is 0 Å². The molecular formula is C26H37N3O. The number of amides is 1. The molecule has 0 spiro atoms. The molecule has 4 heteroatoms. The molecule has 1 aromatic heterocycles. The summed E-state index contributed by atoms with van der Waals surface area (Å²) in [7, 11) is 0. The highest BCUT2D eigenvalue weighted by Gasteiger charge is 2.31. The van der Waals surface area contributed by atoms with Crippen LogP contribution in [0.25, 0.3) is 11.4 Å². The Hall–Kier alpha value is -2.10. The molecule has 0 unspecified atom stereocenters. The highest BCUT2D eigenvalue weighted by molar-refractivity contribution is 5.79. The first-order valence-electron chi connectivity index (χ1n) is 12.1. The lowest BCUT2D eigenvalue weighted by molar-refractivity contribution is -0.138. The van der Waals surface area contributed by atoms with Crippen LogP contribution in [0.3, 0.4) is 0 Å². The first-order valence-corrected chi connectivity index (χ1v) is 12.1. The van der Waals surface area contributed by atoms with Crippen LogP contribution in [0.4, 0.5) is 0 Å². The summed E-state index contributed by atoms with van der Waals surface area (Å²) < 4.78 is 2.29. The maximum atomic E-state index is 13.0. The van der Waals surface area contributed by atoms with Crippen LogP contribution in [0.5, 0.6) is 0 Å². The number of carbonyl (C=O) groups is 1. The van der Waals surface area contributed by atoms with Crippen LogP contribution in [-0.2, 0) is 11.3 Å². The van der Waals surface area contributed by atoms with Crippen LogP contribution >= 0.6 is 0 Å². The summed E-state index contributed by atoms with van der Waals surface area (Å²) in [6.45, 7) is 5.12. The Bertz CT molecular complexity index is 784. The van der Waals surface area contributed by atoms with Gasteiger partial charge in [0.1, 0.15) is 5.82 Å². The summed E-state index contributed by atoms with van der Waals surface area (Å²) in [5.41, 5.74) is 1.17. The molecule has 1 aromatic carbocycles. The summed E-state index contributed by atoms with van der Waals surface area (Å²) in [5.74, 6) is 3.27. The van der Waals surface area contributed by atoms with Crippen LogP contribution < -0.4 is 0 Å². The largest absolute Gasteiger partial charge is 0.342 e. The number of carbonyl (C=O) groups excluding carboxylic acids is 1. The maximum absolute atomic E-state index is 13.0. The first kappa shape index (κ1) is 21.1. The quantitative estimate of drug-likeness (QED) is 0.583. The summed E-state index contributed by atoms with van der Waals surface area (Å²) in [6, 6.07) is 10.4. The van der Waals surface area contributed by atoms with Crippen LogP contribution in [0.15, 0.2) is 42.7 Å². The number of aromatic nitrogens is 2. The Morgan fingerprint density at radius 2 is 1.73 bits per heavy atom. The van der Waals surface area contributed by atoms with Gasteiger partial charge in [0.15, 0.2) is 0 Å². The summed E-state index contributed by atoms with van der Waals surface area (Å²) in [6.07, 6.45) is 14.9. The second-order valence-corrected chi connectivity index (χ2v) is 9.40. The van der Waals surface area contributed by atoms with Gasteiger partial charge in [-0.25, -0.2) is 4.98 Å². The van der Waals surface area contributed by atoms with Gasteiger partial charge in [0.05, 0.1) is 0 Å². The highest BCUT2D eigenvalue weighted by Crippen LogP contribution is 2.34. The zero-order chi connectivity index (χ0) is 20.8. The van der Waals surface area contributed by atoms with Crippen molar-refractivity contribution >= 4 is 5.91 Å². The Morgan fingerprint density at radius 3 is 2.43 bits per heavy atom. The van der Waals surface area contributed by atoms with Crippen LogP contribution in [0, 0.1) is 17.8 Å². The van der Waals surface area contributed by atoms with Gasteiger partial charge >= 0.3 is 0 Å². The number of imidazole rings is 1. The van der Waals surface area contributed by atoms with Crippen LogP contribution in [0.2, 0.25) is 0 Å². The normalized spacial score (nSPS) is 22.9. The second kappa shape index (κ2) is 10.3. The number of piperidine rings is 1. The van der Waals surface area contributed by atoms with E-state index in [9.17, 15) is 4.79 Å². The Kier molecular flexibility index (Phi) is 7.24. The first-order chi connectivity index (χ1) is 14.7. The predicted octanol–water partition coefficient (Wildman–Crippen LogP) is 5.79. The fourth-order valence-corrected chi connectivity index (χ4v) is 5.37. The third-order valence-corrected chi connectivity index (χ3v) is 7.29. The number of hydrogen-bond donors (Lipinski definition) is 0. The van der Waals surface area contributed by atoms with E-state index in [1.807, 2.05) is 12.3 Å². The predicted molar refractivity (Wildman–Crippen MR) is 122 cm³/mol. The maximum Gasteiger partial charge on any atom is 0.225 e. The van der Waals surface area contributed by atoms with Crippen molar-refractivity contribution in [3.63, 3.8) is 0 Å². The van der Waals surface area contributed by atoms with Gasteiger partial charge in [0.25, 0.3) is 0 Å². The number of unbranched alkanes of at least 4 members (excludes halogenated alkanes) is 1. The van der Waals surface area contributed by atoms with Crippen molar-refractivity contribution in [2.75, 3.05) is 13.1 Å². The second-order valence-electron chi connectivity index (χ2n) is 9.40. The van der Waals surface area contributed by atoms with Crippen molar-refractivity contribution in [1.29, 1.82) is 0 Å². The molecule has 1 amide bonds. The molecule has 1 saturated heterocycles. The Balaban J connectivity index is 1.25. The molecular weight excluding hydrogens is 370 g/mol. The lowest BCUT2D eigenvalue weighted by Crippen LogP contribution is -2.43. The molecule has 30 heavy (non-hydrogen) atoms. The van der Waals surface area contributed by atoms with Gasteiger partial charge in [-0.15, -0.1) is 0 Å². The van der Waals surface area contributed by atoms with Gasteiger partial charge in [0, 0.05) is 43.5 Å². The molecule has 0 radical (unpaired) electrons. The fourth-order valence-electron chi connectivity index (χ4n) is 5.37. The number of likely N-dealkylation sites (tertiary alicyclic amines) is 1. The van der Waals surface area contributed by atoms with Crippen molar-refractivity contribution in [1.82, 2.24) is 14.5 Å². The van der Waals surface area contributed by atoms with Crippen molar-refractivity contribution in [3.05, 3.63) is 42.7 Å². The van der Waals surface area contributed by atoms with Crippen molar-refractivity contribution in [2.24, 2.45) is 17.8 Å². The molecule has 2 heterocycles. The molecule has 4 nitrogen and oxygen atoms in total. The molecule has 1 aliphatic heterocycles. The van der Waals surface area contributed by atoms with Gasteiger partial charge in [-0.05, 0) is 50.4 Å². The molecule has 1 aliphatic carbocycles. The van der Waals surface area contributed by atoms with Crippen molar-refractivity contribution in [3.8, 4) is 11.4 Å². The minimum absolute atomic E-state index is 0.290. The topological polar surface area (TPSA) is 38.1 Å². The average Bonchev–Trinajstić information content (AvgIpc) is 3.27. The smallest absolute Gasteiger partial charge is 0.225 e. The minimum Gasteiger partial charge on any atom is -0.342 e. The third kappa shape index (κ3) is 5.14. The zero-order valence-electron chi connectivity index (χ0n) is 18.5. The number of rotatable bonds is 7. The van der Waals surface area contributed by atoms with E-state index in [0.29, 0.717) is 11.8 Å². The number of benzene rings is 1. The van der Waals surface area contributed by atoms with E-state index in [1.165, 1.54) is 37.7 Å². The van der Waals surface area contributed by atoms with Gasteiger partial charge in [-0.2, -0.15) is 0 Å². The number of nitrogens with zero attached hydrogens (tertiary/aromatic N) is 3. The molecule has 162 valence electrons. The SMILES string of the molecule is CCCCC1CCC(C(=O)N2CCC(Cn3ccnc3-c3ccccc3)CC2)CC1. The monoisotopic (exact) mass is 407 g/mol. The van der Waals surface area contributed by atoms with E-state index < -0.39 is 0 Å². The molecule has 2 fully saturated rings. The van der Waals surface area contributed by atoms with Gasteiger partial charge in [-0.1, -0.05) is 56.5 Å². The summed E-state index contributed by atoms with van der Waals surface area (Å²) in [4.78, 5) is 19.8. The van der Waals surface area contributed by atoms with E-state index in [0.717, 1.165) is 57.1 Å². The molecule has 0 atom stereocenters. The molecule has 2 aromatic rings. The lowest BCUT2D eigenvalue weighted by atomic mass is 9.79. The average molecular weight is 408 g/mol. The summed E-state index contributed by atoms with van der Waals surface area (Å²) in [5, 5.41) is 0. The molecule has 1 saturated carbocycles. The van der Waals surface area contributed by atoms with Gasteiger partial charge in [0.2, 0.25) is 5.91 Å². The lowest BCUT2D eigenvalue weighted by Gasteiger charge is -2.36. The summed E-state index contributed by atoms with van der Waals surface area (Å²) >= 11 is 0. The van der Waals surface area contributed by atoms with E-state index in [4.69, 9.17) is 0 Å². The molecule has 4 rings (SSSR count). The molecule has 0 N–H and O–H groups in total. The zero-order valence-corrected chi connectivity index (χ0v) is 18.5. The molecule has 0 bridgehead atoms. The van der Waals surface area contributed by atoms with E-state index in [2.05, 4.69) is 51.8 Å². The highest BCUT2D eigenvalue weighted by atomic mass is 16.2. The third-order valence-electron chi connectivity index (χ3n) is 7.29. The van der Waals surface area contributed by atoms with E-state index in [-0.39, 0.29) is 5.92 Å². The van der Waals surface area contributed by atoms with E-state index in [1.54, 1.807) is 0 Å². The fraction of sp³-hybridized carbons (Fsp3) is 0.615.